The van der Waals surface area contributed by atoms with Crippen LogP contribution in [0.4, 0.5) is 0 Å². The molecule has 0 bridgehead atoms. The number of benzene rings is 6. The van der Waals surface area contributed by atoms with Gasteiger partial charge in [0.15, 0.2) is 23.0 Å². The molecule has 2 aliphatic heterocycles. The van der Waals surface area contributed by atoms with Gasteiger partial charge in [-0.25, -0.2) is 16.8 Å². The van der Waals surface area contributed by atoms with Crippen molar-refractivity contribution in [3.8, 4) is 23.0 Å². The zero-order valence-corrected chi connectivity index (χ0v) is 36.8. The highest BCUT2D eigenvalue weighted by molar-refractivity contribution is 7.89. The van der Waals surface area contributed by atoms with Gasteiger partial charge in [0.2, 0.25) is 20.0 Å². The summed E-state index contributed by atoms with van der Waals surface area (Å²) in [5.41, 5.74) is 4.97. The quantitative estimate of drug-likeness (QED) is 0.136. The monoisotopic (exact) mass is 898 g/mol. The summed E-state index contributed by atoms with van der Waals surface area (Å²) in [6.45, 7) is 5.95. The largest absolute Gasteiger partial charge is 0.490 e. The van der Waals surface area contributed by atoms with Crippen LogP contribution in [-0.2, 0) is 20.0 Å². The second-order valence-corrected chi connectivity index (χ2v) is 18.9. The fourth-order valence-electron chi connectivity index (χ4n) is 7.73. The van der Waals surface area contributed by atoms with Crippen molar-refractivity contribution in [3.63, 3.8) is 0 Å². The van der Waals surface area contributed by atoms with Gasteiger partial charge in [0.25, 0.3) is 0 Å². The minimum atomic E-state index is -3.90. The first-order chi connectivity index (χ1) is 31.0. The molecule has 2 aliphatic rings. The van der Waals surface area contributed by atoms with Crippen LogP contribution in [0.5, 0.6) is 23.0 Å². The Hall–Kier alpha value is -6.58. The van der Waals surface area contributed by atoms with Gasteiger partial charge < -0.3 is 27.8 Å². The SMILES string of the molecule is Cc1ccccc1[C@@H](NS(=O)(=O)c1ccc2c(c1)OCCCO2)c1cc2ccccc2o1.Cc1ccccc1[C@H](NS(=O)(=O)c1ccc2c(c1)OCCCO2)c1cc2ccccc2o1. The maximum absolute atomic E-state index is 13.4. The molecule has 2 aromatic heterocycles. The molecule has 8 aromatic rings. The molecule has 12 nitrogen and oxygen atoms in total. The molecular weight excluding hydrogens is 853 g/mol. The van der Waals surface area contributed by atoms with Crippen LogP contribution in [0, 0.1) is 13.8 Å². The molecule has 2 atom stereocenters. The Balaban J connectivity index is 0.000000162. The molecule has 0 saturated carbocycles. The van der Waals surface area contributed by atoms with Crippen molar-refractivity contribution in [1.82, 2.24) is 9.44 Å². The molecule has 6 aromatic carbocycles. The number of ether oxygens (including phenoxy) is 4. The van der Waals surface area contributed by atoms with Crippen LogP contribution in [0.25, 0.3) is 21.9 Å². The molecule has 4 heterocycles. The predicted molar refractivity (Wildman–Crippen MR) is 243 cm³/mol. The van der Waals surface area contributed by atoms with Crippen LogP contribution in [0.2, 0.25) is 0 Å². The standard InChI is InChI=1S/2C25H23NO5S/c2*1-17-7-2-4-9-20(17)25(24-15-18-8-3-5-10-21(18)31-24)26-32(27,28)19-11-12-22-23(16-19)30-14-6-13-29-22/h2*2-5,7-12,15-16,25-26H,6,13-14H2,1H3/t2*25-/m10/s1. The predicted octanol–water partition coefficient (Wildman–Crippen LogP) is 9.94. The van der Waals surface area contributed by atoms with E-state index < -0.39 is 32.1 Å². The zero-order chi connectivity index (χ0) is 44.3. The van der Waals surface area contributed by atoms with Crippen LogP contribution in [0.15, 0.2) is 164 Å². The van der Waals surface area contributed by atoms with Gasteiger partial charge in [0.1, 0.15) is 34.8 Å². The van der Waals surface area contributed by atoms with Crippen molar-refractivity contribution in [2.75, 3.05) is 26.4 Å². The molecule has 328 valence electrons. The van der Waals surface area contributed by atoms with E-state index in [9.17, 15) is 16.8 Å². The molecule has 14 heteroatoms. The number of hydrogen-bond acceptors (Lipinski definition) is 10. The van der Waals surface area contributed by atoms with Crippen LogP contribution in [0.1, 0.15) is 58.7 Å². The van der Waals surface area contributed by atoms with E-state index in [-0.39, 0.29) is 9.79 Å². The normalized spacial score (nSPS) is 14.8. The van der Waals surface area contributed by atoms with Gasteiger partial charge in [-0.1, -0.05) is 84.9 Å². The first-order valence-corrected chi connectivity index (χ1v) is 23.9. The highest BCUT2D eigenvalue weighted by Crippen LogP contribution is 2.37. The van der Waals surface area contributed by atoms with Crippen molar-refractivity contribution in [1.29, 1.82) is 0 Å². The molecular formula is C50H46N2O10S2. The van der Waals surface area contributed by atoms with Gasteiger partial charge in [0, 0.05) is 35.7 Å². The summed E-state index contributed by atoms with van der Waals surface area (Å²) in [5, 5.41) is 1.83. The lowest BCUT2D eigenvalue weighted by molar-refractivity contribution is 0.296. The lowest BCUT2D eigenvalue weighted by Gasteiger charge is -2.19. The average molecular weight is 899 g/mol. The van der Waals surface area contributed by atoms with Crippen LogP contribution < -0.4 is 28.4 Å². The third-order valence-corrected chi connectivity index (χ3v) is 13.9. The van der Waals surface area contributed by atoms with Gasteiger partial charge in [-0.15, -0.1) is 0 Å². The minimum Gasteiger partial charge on any atom is -0.490 e. The Morgan fingerprint density at radius 1 is 0.438 bits per heavy atom. The van der Waals surface area contributed by atoms with E-state index in [1.165, 1.54) is 24.3 Å². The van der Waals surface area contributed by atoms with Crippen molar-refractivity contribution >= 4 is 42.0 Å². The number of para-hydroxylation sites is 2. The van der Waals surface area contributed by atoms with Crippen LogP contribution in [0.3, 0.4) is 0 Å². The number of fused-ring (bicyclic) bond motifs is 4. The number of sulfonamides is 2. The molecule has 2 N–H and O–H groups in total. The highest BCUT2D eigenvalue weighted by Gasteiger charge is 2.30. The molecule has 0 spiro atoms. The maximum atomic E-state index is 13.4. The van der Waals surface area contributed by atoms with Crippen molar-refractivity contribution in [3.05, 3.63) is 179 Å². The summed E-state index contributed by atoms with van der Waals surface area (Å²) in [7, 11) is -7.80. The van der Waals surface area contributed by atoms with Crippen LogP contribution >= 0.6 is 0 Å². The fraction of sp³-hybridized carbons (Fsp3) is 0.200. The van der Waals surface area contributed by atoms with Crippen molar-refractivity contribution in [2.24, 2.45) is 0 Å². The van der Waals surface area contributed by atoms with Gasteiger partial charge >= 0.3 is 0 Å². The van der Waals surface area contributed by atoms with E-state index in [0.717, 1.165) is 45.9 Å². The summed E-state index contributed by atoms with van der Waals surface area (Å²) < 4.78 is 94.2. The number of rotatable bonds is 10. The Labute approximate surface area is 371 Å². The number of hydrogen-bond donors (Lipinski definition) is 2. The summed E-state index contributed by atoms with van der Waals surface area (Å²) >= 11 is 0. The molecule has 64 heavy (non-hydrogen) atoms. The van der Waals surface area contributed by atoms with E-state index in [1.54, 1.807) is 12.1 Å². The van der Waals surface area contributed by atoms with Gasteiger partial charge in [0.05, 0.1) is 36.2 Å². The third kappa shape index (κ3) is 9.22. The van der Waals surface area contributed by atoms with E-state index in [2.05, 4.69) is 9.44 Å². The number of nitrogens with one attached hydrogen (secondary N) is 2. The topological polar surface area (TPSA) is 156 Å². The highest BCUT2D eigenvalue weighted by atomic mass is 32.2. The molecule has 0 amide bonds. The Morgan fingerprint density at radius 2 is 0.812 bits per heavy atom. The summed E-state index contributed by atoms with van der Waals surface area (Å²) in [6, 6.07) is 42.3. The number of aryl methyl sites for hydroxylation is 2. The molecule has 0 saturated heterocycles. The minimum absolute atomic E-state index is 0.108. The first-order valence-electron chi connectivity index (χ1n) is 20.9. The lowest BCUT2D eigenvalue weighted by Crippen LogP contribution is -2.29. The number of furan rings is 2. The molecule has 0 aliphatic carbocycles. The van der Waals surface area contributed by atoms with Gasteiger partial charge in [-0.2, -0.15) is 9.44 Å². The third-order valence-electron chi connectivity index (χ3n) is 11.1. The van der Waals surface area contributed by atoms with Gasteiger partial charge in [-0.3, -0.25) is 0 Å². The summed E-state index contributed by atoms with van der Waals surface area (Å²) in [5.74, 6) is 3.02. The molecule has 0 unspecified atom stereocenters. The van der Waals surface area contributed by atoms with E-state index >= 15 is 0 Å². The van der Waals surface area contributed by atoms with E-state index in [4.69, 9.17) is 27.8 Å². The van der Waals surface area contributed by atoms with Crippen molar-refractivity contribution in [2.45, 2.75) is 48.6 Å². The average Bonchev–Trinajstić information content (AvgIpc) is 3.76. The summed E-state index contributed by atoms with van der Waals surface area (Å²) in [6.07, 6.45) is 1.49. The van der Waals surface area contributed by atoms with Gasteiger partial charge in [-0.05, 0) is 84.6 Å². The maximum Gasteiger partial charge on any atom is 0.241 e. The van der Waals surface area contributed by atoms with E-state index in [0.29, 0.717) is 72.1 Å². The summed E-state index contributed by atoms with van der Waals surface area (Å²) in [4.78, 5) is 0.216. The zero-order valence-electron chi connectivity index (χ0n) is 35.2. The first kappa shape index (κ1) is 42.7. The van der Waals surface area contributed by atoms with Crippen molar-refractivity contribution < 1.29 is 44.6 Å². The Kier molecular flexibility index (Phi) is 12.2. The fourth-order valence-corrected chi connectivity index (χ4v) is 10.1. The lowest BCUT2D eigenvalue weighted by atomic mass is 10.00. The Morgan fingerprint density at radius 3 is 1.22 bits per heavy atom. The van der Waals surface area contributed by atoms with Crippen LogP contribution in [-0.4, -0.2) is 43.3 Å². The second kappa shape index (κ2) is 18.3. The molecule has 0 radical (unpaired) electrons. The molecule has 0 fully saturated rings. The molecule has 10 rings (SSSR count). The second-order valence-electron chi connectivity index (χ2n) is 15.5. The van der Waals surface area contributed by atoms with E-state index in [1.807, 2.05) is 123 Å². The Bertz CT molecular complexity index is 2900. The smallest absolute Gasteiger partial charge is 0.241 e.